The molecule has 0 atom stereocenters. The number of nitrogens with one attached hydrogen (secondary N) is 1. The Hall–Kier alpha value is -2.47. The van der Waals surface area contributed by atoms with Gasteiger partial charge < -0.3 is 4.98 Å². The second-order valence-electron chi connectivity index (χ2n) is 4.50. The molecule has 1 aromatic heterocycles. The number of nitro groups is 1. The zero-order valence-electron chi connectivity index (χ0n) is 10.7. The van der Waals surface area contributed by atoms with Crippen LogP contribution in [0.3, 0.4) is 0 Å². The van der Waals surface area contributed by atoms with Crippen LogP contribution in [0.5, 0.6) is 0 Å². The van der Waals surface area contributed by atoms with Gasteiger partial charge in [0, 0.05) is 28.6 Å². The summed E-state index contributed by atoms with van der Waals surface area (Å²) in [7, 11) is 0. The van der Waals surface area contributed by atoms with E-state index in [4.69, 9.17) is 0 Å². The number of fused-ring (bicyclic) bond motifs is 1. The topological polar surface area (TPSA) is 76.0 Å². The first-order chi connectivity index (χ1) is 10.1. The number of carbonyl (C=O) groups is 1. The SMILES string of the molecule is O=C(Br)c1[nH]c2ccc([N+](=O)[O-])cc2c1-c1ccccc1. The smallest absolute Gasteiger partial charge is 0.270 e. The largest absolute Gasteiger partial charge is 0.351 e. The molecular formula is C15H9BrN2O3. The molecule has 0 aliphatic heterocycles. The van der Waals surface area contributed by atoms with E-state index in [2.05, 4.69) is 20.9 Å². The molecule has 21 heavy (non-hydrogen) atoms. The highest BCUT2D eigenvalue weighted by Crippen LogP contribution is 2.35. The molecule has 1 heterocycles. The standard InChI is InChI=1S/C15H9BrN2O3/c16-15(19)14-13(9-4-2-1-3-5-9)11-8-10(18(20)21)6-7-12(11)17-14/h1-8,17H. The molecular weight excluding hydrogens is 336 g/mol. The number of aromatic nitrogens is 1. The number of benzene rings is 2. The minimum Gasteiger partial charge on any atom is -0.351 e. The quantitative estimate of drug-likeness (QED) is 0.437. The van der Waals surface area contributed by atoms with Crippen LogP contribution >= 0.6 is 15.9 Å². The molecule has 0 unspecified atom stereocenters. The van der Waals surface area contributed by atoms with Crippen LogP contribution in [0.4, 0.5) is 5.69 Å². The molecule has 104 valence electrons. The second-order valence-corrected chi connectivity index (χ2v) is 5.22. The molecule has 0 aliphatic rings. The van der Waals surface area contributed by atoms with Gasteiger partial charge in [0.15, 0.2) is 0 Å². The molecule has 0 radical (unpaired) electrons. The van der Waals surface area contributed by atoms with E-state index in [-0.39, 0.29) is 10.4 Å². The zero-order valence-corrected chi connectivity index (χ0v) is 12.3. The monoisotopic (exact) mass is 344 g/mol. The number of rotatable bonds is 3. The first-order valence-corrected chi connectivity index (χ1v) is 6.92. The van der Waals surface area contributed by atoms with Crippen LogP contribution in [0.1, 0.15) is 10.5 Å². The van der Waals surface area contributed by atoms with Gasteiger partial charge in [-0.3, -0.25) is 14.9 Å². The van der Waals surface area contributed by atoms with Gasteiger partial charge in [-0.05, 0) is 27.6 Å². The summed E-state index contributed by atoms with van der Waals surface area (Å²) in [6.07, 6.45) is 0. The maximum absolute atomic E-state index is 11.8. The van der Waals surface area contributed by atoms with Gasteiger partial charge in [0.2, 0.25) is 4.69 Å². The summed E-state index contributed by atoms with van der Waals surface area (Å²) in [4.78, 5) is 25.3. The summed E-state index contributed by atoms with van der Waals surface area (Å²) in [5.74, 6) is 0. The Kier molecular flexibility index (Phi) is 3.31. The maximum atomic E-state index is 11.8. The lowest BCUT2D eigenvalue weighted by Crippen LogP contribution is -1.91. The van der Waals surface area contributed by atoms with Gasteiger partial charge in [-0.25, -0.2) is 0 Å². The highest BCUT2D eigenvalue weighted by molar-refractivity contribution is 9.18. The van der Waals surface area contributed by atoms with Gasteiger partial charge in [0.05, 0.1) is 4.92 Å². The fourth-order valence-electron chi connectivity index (χ4n) is 2.35. The fraction of sp³-hybridized carbons (Fsp3) is 0. The molecule has 3 rings (SSSR count). The lowest BCUT2D eigenvalue weighted by molar-refractivity contribution is -0.384. The number of hydrogen-bond donors (Lipinski definition) is 1. The Labute approximate surface area is 127 Å². The fourth-order valence-corrected chi connectivity index (χ4v) is 2.64. The molecule has 0 bridgehead atoms. The van der Waals surface area contributed by atoms with E-state index in [1.165, 1.54) is 12.1 Å². The number of aromatic amines is 1. The number of H-pyrrole nitrogens is 1. The third-order valence-corrected chi connectivity index (χ3v) is 3.65. The van der Waals surface area contributed by atoms with Crippen molar-refractivity contribution in [2.45, 2.75) is 0 Å². The summed E-state index contributed by atoms with van der Waals surface area (Å²) in [6.45, 7) is 0. The van der Waals surface area contributed by atoms with E-state index in [0.717, 1.165) is 5.56 Å². The summed E-state index contributed by atoms with van der Waals surface area (Å²) >= 11 is 2.95. The number of non-ortho nitro benzene ring substituents is 1. The van der Waals surface area contributed by atoms with Crippen LogP contribution in [0, 0.1) is 10.1 Å². The highest BCUT2D eigenvalue weighted by atomic mass is 79.9. The van der Waals surface area contributed by atoms with Crippen LogP contribution in [-0.4, -0.2) is 14.6 Å². The number of nitro benzene ring substituents is 1. The van der Waals surface area contributed by atoms with E-state index in [9.17, 15) is 14.9 Å². The minimum atomic E-state index is -0.448. The third kappa shape index (κ3) is 2.34. The normalized spacial score (nSPS) is 10.7. The van der Waals surface area contributed by atoms with Crippen molar-refractivity contribution in [3.63, 3.8) is 0 Å². The predicted octanol–water partition coefficient (Wildman–Crippen LogP) is 4.28. The summed E-state index contributed by atoms with van der Waals surface area (Å²) in [5.41, 5.74) is 2.55. The van der Waals surface area contributed by atoms with Crippen LogP contribution in [0.25, 0.3) is 22.0 Å². The van der Waals surface area contributed by atoms with Crippen molar-refractivity contribution in [2.75, 3.05) is 0 Å². The van der Waals surface area contributed by atoms with E-state index in [1.807, 2.05) is 30.3 Å². The van der Waals surface area contributed by atoms with Gasteiger partial charge in [-0.15, -0.1) is 0 Å². The number of hydrogen-bond acceptors (Lipinski definition) is 3. The summed E-state index contributed by atoms with van der Waals surface area (Å²) in [5, 5.41) is 11.6. The predicted molar refractivity (Wildman–Crippen MR) is 83.6 cm³/mol. The molecule has 3 aromatic rings. The molecule has 0 saturated heterocycles. The Morgan fingerprint density at radius 3 is 2.48 bits per heavy atom. The van der Waals surface area contributed by atoms with Gasteiger partial charge in [0.25, 0.3) is 5.69 Å². The van der Waals surface area contributed by atoms with Crippen molar-refractivity contribution in [1.82, 2.24) is 4.98 Å². The number of carbonyl (C=O) groups excluding carboxylic acids is 1. The molecule has 0 spiro atoms. The molecule has 0 aliphatic carbocycles. The summed E-state index contributed by atoms with van der Waals surface area (Å²) in [6, 6.07) is 13.8. The zero-order chi connectivity index (χ0) is 15.0. The molecule has 2 aromatic carbocycles. The lowest BCUT2D eigenvalue weighted by Gasteiger charge is -2.02. The van der Waals surface area contributed by atoms with E-state index < -0.39 is 4.92 Å². The van der Waals surface area contributed by atoms with E-state index in [0.29, 0.717) is 22.2 Å². The third-order valence-electron chi connectivity index (χ3n) is 3.25. The Morgan fingerprint density at radius 1 is 1.14 bits per heavy atom. The summed E-state index contributed by atoms with van der Waals surface area (Å²) < 4.78 is -0.291. The average Bonchev–Trinajstić information content (AvgIpc) is 2.86. The van der Waals surface area contributed by atoms with E-state index in [1.54, 1.807) is 6.07 Å². The van der Waals surface area contributed by atoms with Crippen LogP contribution in [0.2, 0.25) is 0 Å². The molecule has 0 saturated carbocycles. The van der Waals surface area contributed by atoms with Crippen molar-refractivity contribution in [2.24, 2.45) is 0 Å². The first kappa shape index (κ1) is 13.5. The van der Waals surface area contributed by atoms with Crippen LogP contribution in [0.15, 0.2) is 48.5 Å². The lowest BCUT2D eigenvalue weighted by atomic mass is 10.0. The molecule has 5 nitrogen and oxygen atoms in total. The minimum absolute atomic E-state index is 0.00717. The van der Waals surface area contributed by atoms with Gasteiger partial charge in [-0.1, -0.05) is 30.3 Å². The molecule has 1 N–H and O–H groups in total. The van der Waals surface area contributed by atoms with E-state index >= 15 is 0 Å². The van der Waals surface area contributed by atoms with Crippen molar-refractivity contribution in [3.8, 4) is 11.1 Å². The van der Waals surface area contributed by atoms with Gasteiger partial charge >= 0.3 is 0 Å². The maximum Gasteiger partial charge on any atom is 0.270 e. The first-order valence-electron chi connectivity index (χ1n) is 6.13. The highest BCUT2D eigenvalue weighted by Gasteiger charge is 2.19. The molecule has 0 amide bonds. The second kappa shape index (κ2) is 5.14. The van der Waals surface area contributed by atoms with Crippen LogP contribution in [-0.2, 0) is 0 Å². The Bertz CT molecular complexity index is 856. The average molecular weight is 345 g/mol. The Balaban J connectivity index is 2.37. The van der Waals surface area contributed by atoms with Crippen molar-refractivity contribution >= 4 is 37.2 Å². The van der Waals surface area contributed by atoms with Gasteiger partial charge in [0.1, 0.15) is 5.69 Å². The molecule has 6 heteroatoms. The van der Waals surface area contributed by atoms with Crippen molar-refractivity contribution in [1.29, 1.82) is 0 Å². The van der Waals surface area contributed by atoms with Crippen molar-refractivity contribution < 1.29 is 9.72 Å². The number of halogens is 1. The van der Waals surface area contributed by atoms with Crippen molar-refractivity contribution in [3.05, 3.63) is 64.3 Å². The van der Waals surface area contributed by atoms with Gasteiger partial charge in [-0.2, -0.15) is 0 Å². The molecule has 0 fully saturated rings. The number of nitrogens with zero attached hydrogens (tertiary/aromatic N) is 1. The van der Waals surface area contributed by atoms with Crippen LogP contribution < -0.4 is 0 Å². The Morgan fingerprint density at radius 2 is 1.86 bits per heavy atom.